The molecule has 0 N–H and O–H groups in total. The lowest BCUT2D eigenvalue weighted by atomic mass is 10.3. The summed E-state index contributed by atoms with van der Waals surface area (Å²) >= 11 is 0. The van der Waals surface area contributed by atoms with E-state index in [0.29, 0.717) is 13.0 Å². The molecule has 0 aromatic rings. The van der Waals surface area contributed by atoms with Crippen LogP contribution in [-0.2, 0) is 9.53 Å². The van der Waals surface area contributed by atoms with Gasteiger partial charge in [-0.1, -0.05) is 23.8 Å². The van der Waals surface area contributed by atoms with Gasteiger partial charge in [0.25, 0.3) is 0 Å². The van der Waals surface area contributed by atoms with Crippen molar-refractivity contribution in [3.05, 3.63) is 23.8 Å². The van der Waals surface area contributed by atoms with Crippen LogP contribution in [0.1, 0.15) is 27.2 Å². The second kappa shape index (κ2) is 6.65. The first-order valence-electron chi connectivity index (χ1n) is 4.12. The normalized spacial score (nSPS) is 9.92. The fourth-order valence-corrected chi connectivity index (χ4v) is 0.645. The van der Waals surface area contributed by atoms with Gasteiger partial charge in [-0.3, -0.25) is 4.79 Å². The molecule has 0 spiro atoms. The van der Waals surface area contributed by atoms with Crippen LogP contribution < -0.4 is 0 Å². The quantitative estimate of drug-likeness (QED) is 0.476. The van der Waals surface area contributed by atoms with Crippen LogP contribution >= 0.6 is 0 Å². The lowest BCUT2D eigenvalue weighted by Gasteiger charge is -1.95. The third-order valence-electron chi connectivity index (χ3n) is 1.16. The van der Waals surface area contributed by atoms with E-state index >= 15 is 0 Å². The van der Waals surface area contributed by atoms with Crippen LogP contribution in [0.3, 0.4) is 0 Å². The van der Waals surface area contributed by atoms with Gasteiger partial charge in [-0.2, -0.15) is 0 Å². The molecule has 12 heavy (non-hydrogen) atoms. The van der Waals surface area contributed by atoms with E-state index in [4.69, 9.17) is 4.74 Å². The number of carbonyl (C=O) groups is 1. The van der Waals surface area contributed by atoms with Crippen LogP contribution in [-0.4, -0.2) is 12.6 Å². The van der Waals surface area contributed by atoms with E-state index in [0.717, 1.165) is 0 Å². The third-order valence-corrected chi connectivity index (χ3v) is 1.16. The number of hydrogen-bond donors (Lipinski definition) is 0. The highest BCUT2D eigenvalue weighted by Gasteiger charge is 1.94. The Morgan fingerprint density at radius 2 is 2.08 bits per heavy atom. The Balaban J connectivity index is 3.60. The van der Waals surface area contributed by atoms with E-state index in [1.807, 2.05) is 26.0 Å². The number of esters is 1. The average molecular weight is 168 g/mol. The summed E-state index contributed by atoms with van der Waals surface area (Å²) in [6.07, 6.45) is 5.98. The molecule has 68 valence electrons. The summed E-state index contributed by atoms with van der Waals surface area (Å²) in [5.41, 5.74) is 1.22. The van der Waals surface area contributed by atoms with Gasteiger partial charge in [0.2, 0.25) is 0 Å². The Hall–Kier alpha value is -1.05. The summed E-state index contributed by atoms with van der Waals surface area (Å²) in [7, 11) is 0. The average Bonchev–Trinajstić information content (AvgIpc) is 1.98. The van der Waals surface area contributed by atoms with Crippen molar-refractivity contribution in [3.63, 3.8) is 0 Å². The summed E-state index contributed by atoms with van der Waals surface area (Å²) in [6, 6.07) is 0. The molecule has 0 fully saturated rings. The number of ether oxygens (including phenoxy) is 1. The predicted molar refractivity (Wildman–Crippen MR) is 49.8 cm³/mol. The molecule has 2 nitrogen and oxygen atoms in total. The number of allylic oxidation sites excluding steroid dienone is 3. The highest BCUT2D eigenvalue weighted by atomic mass is 16.5. The molecular weight excluding hydrogens is 152 g/mol. The third kappa shape index (κ3) is 7.06. The maximum Gasteiger partial charge on any atom is 0.309 e. The molecule has 0 amide bonds. The fourth-order valence-electron chi connectivity index (χ4n) is 0.645. The molecule has 0 heterocycles. The largest absolute Gasteiger partial charge is 0.466 e. The smallest absolute Gasteiger partial charge is 0.309 e. The van der Waals surface area contributed by atoms with Crippen molar-refractivity contribution in [1.29, 1.82) is 0 Å². The molecule has 0 aliphatic heterocycles. The van der Waals surface area contributed by atoms with Crippen molar-refractivity contribution in [3.8, 4) is 0 Å². The van der Waals surface area contributed by atoms with Gasteiger partial charge >= 0.3 is 5.97 Å². The van der Waals surface area contributed by atoms with Crippen molar-refractivity contribution in [2.24, 2.45) is 0 Å². The number of rotatable bonds is 4. The maximum atomic E-state index is 10.8. The molecule has 0 aliphatic carbocycles. The van der Waals surface area contributed by atoms with Gasteiger partial charge in [-0.25, -0.2) is 0 Å². The second-order valence-corrected chi connectivity index (χ2v) is 2.68. The SMILES string of the molecule is CCOC(=O)C/C=C/C=C(C)C. The molecule has 0 atom stereocenters. The molecule has 0 unspecified atom stereocenters. The van der Waals surface area contributed by atoms with Crippen molar-refractivity contribution in [2.75, 3.05) is 6.61 Å². The van der Waals surface area contributed by atoms with Gasteiger partial charge in [0.05, 0.1) is 13.0 Å². The molecule has 0 radical (unpaired) electrons. The Kier molecular flexibility index (Phi) is 6.07. The van der Waals surface area contributed by atoms with E-state index < -0.39 is 0 Å². The monoisotopic (exact) mass is 168 g/mol. The Morgan fingerprint density at radius 3 is 2.58 bits per heavy atom. The number of carbonyl (C=O) groups excluding carboxylic acids is 1. The summed E-state index contributed by atoms with van der Waals surface area (Å²) in [5.74, 6) is -0.170. The van der Waals surface area contributed by atoms with E-state index in [1.165, 1.54) is 5.57 Å². The Bertz CT molecular complexity index is 186. The van der Waals surface area contributed by atoms with Crippen molar-refractivity contribution in [2.45, 2.75) is 27.2 Å². The van der Waals surface area contributed by atoms with Crippen LogP contribution in [0.2, 0.25) is 0 Å². The molecule has 0 saturated carbocycles. The van der Waals surface area contributed by atoms with Crippen molar-refractivity contribution >= 4 is 5.97 Å². The van der Waals surface area contributed by atoms with Crippen molar-refractivity contribution < 1.29 is 9.53 Å². The van der Waals surface area contributed by atoms with Gasteiger partial charge in [0, 0.05) is 0 Å². The molecule has 0 rings (SSSR count). The minimum atomic E-state index is -0.170. The number of hydrogen-bond acceptors (Lipinski definition) is 2. The van der Waals surface area contributed by atoms with Gasteiger partial charge in [0.15, 0.2) is 0 Å². The molecule has 0 bridgehead atoms. The molecule has 0 aromatic heterocycles. The predicted octanol–water partition coefficient (Wildman–Crippen LogP) is 2.46. The molecule has 0 saturated heterocycles. The molecule has 0 aliphatic rings. The van der Waals surface area contributed by atoms with E-state index in [9.17, 15) is 4.79 Å². The standard InChI is InChI=1S/C10H16O2/c1-4-12-10(11)8-6-5-7-9(2)3/h5-7H,4,8H2,1-3H3/b6-5+. The van der Waals surface area contributed by atoms with Crippen LogP contribution in [0.25, 0.3) is 0 Å². The molecular formula is C10H16O2. The minimum Gasteiger partial charge on any atom is -0.466 e. The lowest BCUT2D eigenvalue weighted by molar-refractivity contribution is -0.142. The zero-order valence-corrected chi connectivity index (χ0v) is 7.96. The van der Waals surface area contributed by atoms with Gasteiger partial charge < -0.3 is 4.74 Å². The van der Waals surface area contributed by atoms with Crippen molar-refractivity contribution in [1.82, 2.24) is 0 Å². The summed E-state index contributed by atoms with van der Waals surface area (Å²) < 4.78 is 4.74. The summed E-state index contributed by atoms with van der Waals surface area (Å²) in [5, 5.41) is 0. The van der Waals surface area contributed by atoms with Crippen LogP contribution in [0, 0.1) is 0 Å². The Labute approximate surface area is 73.9 Å². The summed E-state index contributed by atoms with van der Waals surface area (Å²) in [4.78, 5) is 10.8. The zero-order chi connectivity index (χ0) is 9.40. The second-order valence-electron chi connectivity index (χ2n) is 2.68. The van der Waals surface area contributed by atoms with E-state index in [-0.39, 0.29) is 5.97 Å². The van der Waals surface area contributed by atoms with Gasteiger partial charge in [0.1, 0.15) is 0 Å². The maximum absolute atomic E-state index is 10.8. The lowest BCUT2D eigenvalue weighted by Crippen LogP contribution is -2.01. The van der Waals surface area contributed by atoms with E-state index in [1.54, 1.807) is 13.0 Å². The molecule has 2 heteroatoms. The minimum absolute atomic E-state index is 0.170. The Morgan fingerprint density at radius 1 is 1.42 bits per heavy atom. The highest BCUT2D eigenvalue weighted by molar-refractivity contribution is 5.71. The summed E-state index contributed by atoms with van der Waals surface area (Å²) in [6.45, 7) is 6.27. The fraction of sp³-hybridized carbons (Fsp3) is 0.500. The van der Waals surface area contributed by atoms with Gasteiger partial charge in [-0.05, 0) is 20.8 Å². The van der Waals surface area contributed by atoms with Crippen LogP contribution in [0.4, 0.5) is 0 Å². The first-order chi connectivity index (χ1) is 5.66. The highest BCUT2D eigenvalue weighted by Crippen LogP contribution is 1.92. The first-order valence-corrected chi connectivity index (χ1v) is 4.12. The van der Waals surface area contributed by atoms with Gasteiger partial charge in [-0.15, -0.1) is 0 Å². The molecule has 0 aromatic carbocycles. The topological polar surface area (TPSA) is 26.3 Å². The van der Waals surface area contributed by atoms with Crippen LogP contribution in [0.5, 0.6) is 0 Å². The zero-order valence-electron chi connectivity index (χ0n) is 7.96. The first kappa shape index (κ1) is 11.0. The van der Waals surface area contributed by atoms with Crippen LogP contribution in [0.15, 0.2) is 23.8 Å². The van der Waals surface area contributed by atoms with E-state index in [2.05, 4.69) is 0 Å².